The van der Waals surface area contributed by atoms with E-state index in [9.17, 15) is 4.39 Å². The summed E-state index contributed by atoms with van der Waals surface area (Å²) in [5, 5.41) is 3.51. The molecule has 2 heterocycles. The highest BCUT2D eigenvalue weighted by Gasteiger charge is 2.19. The lowest BCUT2D eigenvalue weighted by atomic mass is 10.0. The Morgan fingerprint density at radius 1 is 1.53 bits per heavy atom. The number of nitrogens with one attached hydrogen (secondary N) is 1. The Hall–Kier alpha value is -0.680. The second-order valence-corrected chi connectivity index (χ2v) is 5.97. The van der Waals surface area contributed by atoms with Gasteiger partial charge in [0.1, 0.15) is 0 Å². The summed E-state index contributed by atoms with van der Waals surface area (Å²) < 4.78 is 14.7. The van der Waals surface area contributed by atoms with Crippen molar-refractivity contribution in [2.75, 3.05) is 24.5 Å². The van der Waals surface area contributed by atoms with Crippen LogP contribution in [0.2, 0.25) is 0 Å². The second-order valence-electron chi connectivity index (χ2n) is 5.05. The Morgan fingerprint density at radius 2 is 2.37 bits per heavy atom. The zero-order valence-electron chi connectivity index (χ0n) is 11.3. The number of pyridine rings is 1. The number of halogens is 2. The molecule has 0 aliphatic carbocycles. The summed E-state index contributed by atoms with van der Waals surface area (Å²) in [6.45, 7) is 4.85. The van der Waals surface area contributed by atoms with Crippen molar-refractivity contribution in [2.45, 2.75) is 38.6 Å². The topological polar surface area (TPSA) is 28.2 Å². The van der Waals surface area contributed by atoms with Gasteiger partial charge in [0.25, 0.3) is 0 Å². The Labute approximate surface area is 122 Å². The van der Waals surface area contributed by atoms with Crippen LogP contribution in [0.25, 0.3) is 0 Å². The van der Waals surface area contributed by atoms with Crippen LogP contribution in [-0.4, -0.2) is 30.7 Å². The maximum atomic E-state index is 14.0. The van der Waals surface area contributed by atoms with E-state index >= 15 is 0 Å². The van der Waals surface area contributed by atoms with E-state index in [2.05, 4.69) is 38.1 Å². The summed E-state index contributed by atoms with van der Waals surface area (Å²) in [5.74, 6) is 0.219. The minimum Gasteiger partial charge on any atom is -0.353 e. The van der Waals surface area contributed by atoms with Crippen molar-refractivity contribution in [3.8, 4) is 0 Å². The van der Waals surface area contributed by atoms with Crippen LogP contribution >= 0.6 is 15.9 Å². The third-order valence-electron chi connectivity index (χ3n) is 3.43. The molecule has 19 heavy (non-hydrogen) atoms. The summed E-state index contributed by atoms with van der Waals surface area (Å²) in [7, 11) is 0. The molecule has 1 aliphatic heterocycles. The van der Waals surface area contributed by atoms with Crippen molar-refractivity contribution in [3.05, 3.63) is 22.6 Å². The smallest absolute Gasteiger partial charge is 0.166 e. The predicted molar refractivity (Wildman–Crippen MR) is 80.0 cm³/mol. The fraction of sp³-hybridized carbons (Fsp3) is 0.643. The first-order valence-corrected chi connectivity index (χ1v) is 7.79. The summed E-state index contributed by atoms with van der Waals surface area (Å²) in [4.78, 5) is 6.30. The molecule has 0 radical (unpaired) electrons. The number of rotatable bonds is 5. The fourth-order valence-electron chi connectivity index (χ4n) is 2.54. The zero-order chi connectivity index (χ0) is 13.7. The lowest BCUT2D eigenvalue weighted by Crippen LogP contribution is -2.44. The molecule has 1 aliphatic rings. The summed E-state index contributed by atoms with van der Waals surface area (Å²) >= 11 is 3.25. The largest absolute Gasteiger partial charge is 0.353 e. The molecule has 1 fully saturated rings. The fourth-order valence-corrected chi connectivity index (χ4v) is 2.84. The van der Waals surface area contributed by atoms with Crippen molar-refractivity contribution < 1.29 is 4.39 Å². The van der Waals surface area contributed by atoms with Gasteiger partial charge in [-0.3, -0.25) is 0 Å². The lowest BCUT2D eigenvalue weighted by molar-refractivity contribution is 0.397. The van der Waals surface area contributed by atoms with Crippen LogP contribution in [0.5, 0.6) is 0 Å². The molecular formula is C14H21BrFN3. The molecular weight excluding hydrogens is 309 g/mol. The summed E-state index contributed by atoms with van der Waals surface area (Å²) in [6.07, 6.45) is 6.32. The number of anilines is 1. The molecule has 0 amide bonds. The SMILES string of the molecule is CCCN(CC1CCCCN1)c1ncc(Br)cc1F. The Bertz CT molecular complexity index is 408. The van der Waals surface area contributed by atoms with Gasteiger partial charge in [-0.25, -0.2) is 9.37 Å². The standard InChI is InChI=1S/C14H21BrFN3/c1-2-7-19(10-12-5-3-4-6-17-12)14-13(16)8-11(15)9-18-14/h8-9,12,17H,2-7,10H2,1H3. The molecule has 1 N–H and O–H groups in total. The zero-order valence-corrected chi connectivity index (χ0v) is 12.9. The van der Waals surface area contributed by atoms with Crippen LogP contribution in [0, 0.1) is 5.82 Å². The van der Waals surface area contributed by atoms with Crippen LogP contribution in [0.3, 0.4) is 0 Å². The molecule has 0 spiro atoms. The van der Waals surface area contributed by atoms with Gasteiger partial charge in [0.05, 0.1) is 0 Å². The minimum atomic E-state index is -0.251. The second kappa shape index (κ2) is 7.20. The molecule has 3 nitrogen and oxygen atoms in total. The maximum Gasteiger partial charge on any atom is 0.166 e. The molecule has 1 saturated heterocycles. The van der Waals surface area contributed by atoms with E-state index in [1.54, 1.807) is 6.20 Å². The van der Waals surface area contributed by atoms with Gasteiger partial charge in [-0.15, -0.1) is 0 Å². The van der Waals surface area contributed by atoms with Crippen molar-refractivity contribution in [2.24, 2.45) is 0 Å². The Balaban J connectivity index is 2.09. The lowest BCUT2D eigenvalue weighted by Gasteiger charge is -2.31. The monoisotopic (exact) mass is 329 g/mol. The van der Waals surface area contributed by atoms with Gasteiger partial charge in [0.2, 0.25) is 0 Å². The normalized spacial score (nSPS) is 19.4. The van der Waals surface area contributed by atoms with Crippen molar-refractivity contribution in [1.82, 2.24) is 10.3 Å². The molecule has 5 heteroatoms. The van der Waals surface area contributed by atoms with Gasteiger partial charge in [0, 0.05) is 29.8 Å². The highest BCUT2D eigenvalue weighted by Crippen LogP contribution is 2.21. The molecule has 1 aromatic heterocycles. The van der Waals surface area contributed by atoms with Gasteiger partial charge in [-0.05, 0) is 47.8 Å². The number of nitrogens with zero attached hydrogens (tertiary/aromatic N) is 2. The van der Waals surface area contributed by atoms with E-state index in [0.717, 1.165) is 26.1 Å². The van der Waals surface area contributed by atoms with Crippen LogP contribution in [0.15, 0.2) is 16.7 Å². The molecule has 106 valence electrons. The number of hydrogen-bond donors (Lipinski definition) is 1. The maximum absolute atomic E-state index is 14.0. The first-order chi connectivity index (χ1) is 9.20. The van der Waals surface area contributed by atoms with E-state index in [-0.39, 0.29) is 5.82 Å². The average molecular weight is 330 g/mol. The first-order valence-electron chi connectivity index (χ1n) is 7.00. The van der Waals surface area contributed by atoms with E-state index in [0.29, 0.717) is 16.3 Å². The van der Waals surface area contributed by atoms with Gasteiger partial charge >= 0.3 is 0 Å². The Morgan fingerprint density at radius 3 is 3.00 bits per heavy atom. The van der Waals surface area contributed by atoms with Gasteiger partial charge < -0.3 is 10.2 Å². The van der Waals surface area contributed by atoms with Crippen LogP contribution in [0.4, 0.5) is 10.2 Å². The van der Waals surface area contributed by atoms with Crippen molar-refractivity contribution in [1.29, 1.82) is 0 Å². The van der Waals surface area contributed by atoms with Crippen molar-refractivity contribution in [3.63, 3.8) is 0 Å². The third-order valence-corrected chi connectivity index (χ3v) is 3.87. The molecule has 0 saturated carbocycles. The number of hydrogen-bond acceptors (Lipinski definition) is 3. The van der Waals surface area contributed by atoms with Crippen molar-refractivity contribution >= 4 is 21.7 Å². The average Bonchev–Trinajstić information content (AvgIpc) is 2.39. The third kappa shape index (κ3) is 4.14. The number of piperidine rings is 1. The molecule has 2 rings (SSSR count). The predicted octanol–water partition coefficient (Wildman–Crippen LogP) is 3.34. The summed E-state index contributed by atoms with van der Waals surface area (Å²) in [6, 6.07) is 1.93. The van der Waals surface area contributed by atoms with Gasteiger partial charge in [-0.1, -0.05) is 13.3 Å². The van der Waals surface area contributed by atoms with Crippen LogP contribution in [0.1, 0.15) is 32.6 Å². The molecule has 1 unspecified atom stereocenters. The number of aromatic nitrogens is 1. The van der Waals surface area contributed by atoms with Gasteiger partial charge in [-0.2, -0.15) is 0 Å². The molecule has 0 bridgehead atoms. The molecule has 0 aromatic carbocycles. The van der Waals surface area contributed by atoms with Crippen LogP contribution < -0.4 is 10.2 Å². The first kappa shape index (κ1) is 14.7. The van der Waals surface area contributed by atoms with Crippen LogP contribution in [-0.2, 0) is 0 Å². The summed E-state index contributed by atoms with van der Waals surface area (Å²) in [5.41, 5.74) is 0. The quantitative estimate of drug-likeness (QED) is 0.897. The molecule has 1 aromatic rings. The van der Waals surface area contributed by atoms with E-state index in [4.69, 9.17) is 0 Å². The van der Waals surface area contributed by atoms with E-state index in [1.165, 1.54) is 25.3 Å². The molecule has 1 atom stereocenters. The Kier molecular flexibility index (Phi) is 5.58. The minimum absolute atomic E-state index is 0.251. The van der Waals surface area contributed by atoms with E-state index in [1.807, 2.05) is 0 Å². The van der Waals surface area contributed by atoms with Gasteiger partial charge in [0.15, 0.2) is 11.6 Å². The highest BCUT2D eigenvalue weighted by molar-refractivity contribution is 9.10. The highest BCUT2D eigenvalue weighted by atomic mass is 79.9. The van der Waals surface area contributed by atoms with E-state index < -0.39 is 0 Å².